The van der Waals surface area contributed by atoms with E-state index in [-0.39, 0.29) is 21.1 Å². The summed E-state index contributed by atoms with van der Waals surface area (Å²) in [6.45, 7) is 1.19. The largest absolute Gasteiger partial charge is 0.503 e. The standard InChI is InChI=1S/C4H5O3.Pt/c1-3(5)2-4(6)7;/h2H,1H3,(H,6,7);/q-1;. The van der Waals surface area contributed by atoms with Gasteiger partial charge in [0, 0.05) is 26.8 Å². The maximum atomic E-state index is 9.82. The summed E-state index contributed by atoms with van der Waals surface area (Å²) < 4.78 is 0. The number of carbonyl (C=O) groups excluding carboxylic acids is 1. The smallest absolute Gasteiger partial charge is 0.170 e. The van der Waals surface area contributed by atoms with Gasteiger partial charge in [0.05, 0.1) is 0 Å². The summed E-state index contributed by atoms with van der Waals surface area (Å²) in [5.74, 6) is -1.62. The molecule has 0 aliphatic rings. The van der Waals surface area contributed by atoms with Crippen molar-refractivity contribution in [3.63, 3.8) is 0 Å². The van der Waals surface area contributed by atoms with Crippen molar-refractivity contribution >= 4 is 11.8 Å². The number of carbonyl (C=O) groups is 2. The second kappa shape index (κ2) is 4.85. The molecule has 0 aromatic carbocycles. The van der Waals surface area contributed by atoms with Crippen molar-refractivity contribution in [3.05, 3.63) is 6.42 Å². The first-order valence-electron chi connectivity index (χ1n) is 1.71. The van der Waals surface area contributed by atoms with E-state index in [1.807, 2.05) is 0 Å². The van der Waals surface area contributed by atoms with Crippen LogP contribution in [0.5, 0.6) is 0 Å². The summed E-state index contributed by atoms with van der Waals surface area (Å²) in [5, 5.41) is 7.81. The number of carboxylic acid groups (broad SMARTS) is 1. The van der Waals surface area contributed by atoms with Gasteiger partial charge in [0.1, 0.15) is 0 Å². The van der Waals surface area contributed by atoms with Crippen molar-refractivity contribution in [2.45, 2.75) is 6.92 Å². The van der Waals surface area contributed by atoms with Crippen molar-refractivity contribution in [2.75, 3.05) is 0 Å². The molecule has 0 aliphatic carbocycles. The third kappa shape index (κ3) is 9.20. The van der Waals surface area contributed by atoms with Crippen LogP contribution in [-0.4, -0.2) is 16.9 Å². The van der Waals surface area contributed by atoms with Gasteiger partial charge in [0.25, 0.3) is 0 Å². The Morgan fingerprint density at radius 1 is 1.50 bits per heavy atom. The fraction of sp³-hybridized carbons (Fsp3) is 0.250. The molecule has 4 heteroatoms. The Hall–Kier alpha value is -0.302. The van der Waals surface area contributed by atoms with Crippen LogP contribution >= 0.6 is 0 Å². The van der Waals surface area contributed by atoms with Crippen LogP contribution in [0.15, 0.2) is 0 Å². The van der Waals surface area contributed by atoms with Crippen molar-refractivity contribution < 1.29 is 35.8 Å². The Balaban J connectivity index is 0. The normalized spacial score (nSPS) is 6.62. The zero-order chi connectivity index (χ0) is 5.86. The van der Waals surface area contributed by atoms with Gasteiger partial charge in [-0.3, -0.25) is 4.79 Å². The summed E-state index contributed by atoms with van der Waals surface area (Å²) in [6, 6.07) is 0. The number of hydrogen-bond donors (Lipinski definition) is 1. The Morgan fingerprint density at radius 2 is 1.88 bits per heavy atom. The fourth-order valence-corrected chi connectivity index (χ4v) is 0.174. The van der Waals surface area contributed by atoms with Crippen LogP contribution in [0.1, 0.15) is 6.92 Å². The van der Waals surface area contributed by atoms with E-state index < -0.39 is 11.8 Å². The number of ketones is 1. The molecular weight excluding hydrogens is 291 g/mol. The summed E-state index contributed by atoms with van der Waals surface area (Å²) in [6.07, 6.45) is 0.611. The molecule has 0 rings (SSSR count). The summed E-state index contributed by atoms with van der Waals surface area (Å²) in [7, 11) is 0. The van der Waals surface area contributed by atoms with Crippen LogP contribution in [0.3, 0.4) is 0 Å². The van der Waals surface area contributed by atoms with Gasteiger partial charge in [-0.2, -0.15) is 0 Å². The van der Waals surface area contributed by atoms with Gasteiger partial charge in [0.2, 0.25) is 0 Å². The first-order valence-corrected chi connectivity index (χ1v) is 1.71. The van der Waals surface area contributed by atoms with Gasteiger partial charge in [-0.1, -0.05) is 0 Å². The van der Waals surface area contributed by atoms with Gasteiger partial charge in [-0.05, 0) is 6.92 Å². The monoisotopic (exact) mass is 296 g/mol. The minimum Gasteiger partial charge on any atom is -0.503 e. The van der Waals surface area contributed by atoms with E-state index in [2.05, 4.69) is 0 Å². The zero-order valence-electron chi connectivity index (χ0n) is 4.16. The van der Waals surface area contributed by atoms with Gasteiger partial charge in [-0.25, -0.2) is 6.42 Å². The first kappa shape index (κ1) is 10.6. The first-order chi connectivity index (χ1) is 3.13. The maximum absolute atomic E-state index is 9.82. The van der Waals surface area contributed by atoms with E-state index in [4.69, 9.17) is 5.11 Å². The molecular formula is C4H5O3Pt-. The third-order valence-corrected chi connectivity index (χ3v) is 0.327. The van der Waals surface area contributed by atoms with Crippen LogP contribution < -0.4 is 0 Å². The van der Waals surface area contributed by atoms with Crippen LogP contribution in [0.25, 0.3) is 0 Å². The molecule has 50 valence electrons. The Morgan fingerprint density at radius 3 is 1.88 bits per heavy atom. The van der Waals surface area contributed by atoms with Gasteiger partial charge < -0.3 is 9.90 Å². The minimum absolute atomic E-state index is 0. The van der Waals surface area contributed by atoms with E-state index >= 15 is 0 Å². The number of hydrogen-bond acceptors (Lipinski definition) is 2. The average Bonchev–Trinajstić information content (AvgIpc) is 1.27. The van der Waals surface area contributed by atoms with Crippen molar-refractivity contribution in [1.82, 2.24) is 0 Å². The van der Waals surface area contributed by atoms with E-state index in [1.54, 1.807) is 0 Å². The summed E-state index contributed by atoms with van der Waals surface area (Å²) in [5.41, 5.74) is 0. The average molecular weight is 296 g/mol. The zero-order valence-corrected chi connectivity index (χ0v) is 6.43. The Bertz CT molecular complexity index is 87.5. The molecule has 0 aromatic heterocycles. The molecule has 8 heavy (non-hydrogen) atoms. The number of carboxylic acids is 1. The summed E-state index contributed by atoms with van der Waals surface area (Å²) in [4.78, 5) is 19.4. The molecule has 0 amide bonds. The topological polar surface area (TPSA) is 54.4 Å². The molecule has 0 heterocycles. The number of aliphatic carboxylic acids is 1. The van der Waals surface area contributed by atoms with Crippen LogP contribution in [-0.2, 0) is 30.7 Å². The molecule has 0 aliphatic heterocycles. The van der Waals surface area contributed by atoms with E-state index in [1.165, 1.54) is 6.92 Å². The Kier molecular flexibility index (Phi) is 6.45. The molecule has 0 saturated heterocycles. The van der Waals surface area contributed by atoms with Crippen LogP contribution in [0.4, 0.5) is 0 Å². The van der Waals surface area contributed by atoms with Crippen molar-refractivity contribution in [1.29, 1.82) is 0 Å². The summed E-state index contributed by atoms with van der Waals surface area (Å²) >= 11 is 0. The van der Waals surface area contributed by atoms with Crippen molar-refractivity contribution in [3.8, 4) is 0 Å². The molecule has 0 fully saturated rings. The number of rotatable bonds is 2. The molecule has 0 spiro atoms. The quantitative estimate of drug-likeness (QED) is 0.570. The van der Waals surface area contributed by atoms with Gasteiger partial charge >= 0.3 is 0 Å². The molecule has 0 bridgehead atoms. The predicted molar refractivity (Wildman–Crippen MR) is 22.6 cm³/mol. The second-order valence-electron chi connectivity index (χ2n) is 1.09. The SMILES string of the molecule is CC(=O)[CH-]C(=O)O.[Pt]. The molecule has 0 radical (unpaired) electrons. The molecule has 0 unspecified atom stereocenters. The third-order valence-electron chi connectivity index (χ3n) is 0.327. The fourth-order valence-electron chi connectivity index (χ4n) is 0.174. The van der Waals surface area contributed by atoms with E-state index in [9.17, 15) is 9.59 Å². The number of Topliss-reactive ketones (excluding diaryl/α,β-unsaturated/α-hetero) is 1. The maximum Gasteiger partial charge on any atom is 0.170 e. The molecule has 0 saturated carbocycles. The minimum atomic E-state index is -1.19. The second-order valence-corrected chi connectivity index (χ2v) is 1.09. The van der Waals surface area contributed by atoms with Crippen LogP contribution in [0.2, 0.25) is 0 Å². The predicted octanol–water partition coefficient (Wildman–Crippen LogP) is -0.138. The molecule has 1 N–H and O–H groups in total. The van der Waals surface area contributed by atoms with Crippen molar-refractivity contribution in [2.24, 2.45) is 0 Å². The van der Waals surface area contributed by atoms with E-state index in [0.29, 0.717) is 6.42 Å². The van der Waals surface area contributed by atoms with E-state index in [0.717, 1.165) is 0 Å². The Labute approximate surface area is 61.3 Å². The molecule has 3 nitrogen and oxygen atoms in total. The van der Waals surface area contributed by atoms with Gasteiger partial charge in [0.15, 0.2) is 5.97 Å². The molecule has 0 aromatic rings. The van der Waals surface area contributed by atoms with Crippen LogP contribution in [0, 0.1) is 6.42 Å². The van der Waals surface area contributed by atoms with Gasteiger partial charge in [-0.15, -0.1) is 0 Å². The molecule has 0 atom stereocenters.